The van der Waals surface area contributed by atoms with E-state index in [4.69, 9.17) is 10.5 Å². The third-order valence-corrected chi connectivity index (χ3v) is 3.91. The molecule has 1 aromatic heterocycles. The Morgan fingerprint density at radius 3 is 2.81 bits per heavy atom. The maximum atomic E-state index is 6.01. The Morgan fingerprint density at radius 2 is 2.10 bits per heavy atom. The Kier molecular flexibility index (Phi) is 4.17. The van der Waals surface area contributed by atoms with Gasteiger partial charge in [-0.3, -0.25) is 4.90 Å². The molecule has 1 unspecified atom stereocenters. The Morgan fingerprint density at radius 1 is 1.29 bits per heavy atom. The highest BCUT2D eigenvalue weighted by molar-refractivity contribution is 5.29. The van der Waals surface area contributed by atoms with Crippen molar-refractivity contribution in [2.45, 2.75) is 26.1 Å². The second-order valence-electron chi connectivity index (χ2n) is 5.16. The molecule has 2 heterocycles. The topological polar surface area (TPSA) is 69.2 Å². The van der Waals surface area contributed by atoms with E-state index in [1.165, 1.54) is 5.56 Å². The zero-order valence-electron chi connectivity index (χ0n) is 12.3. The molecule has 1 atom stereocenters. The van der Waals surface area contributed by atoms with Crippen LogP contribution in [0.1, 0.15) is 24.4 Å². The summed E-state index contributed by atoms with van der Waals surface area (Å²) in [7, 11) is 0. The SMILES string of the molecule is CCOc1ccc(C(CN)N2CCn3cnnc3C2)cc1. The molecular formula is C15H21N5O. The third kappa shape index (κ3) is 2.91. The molecule has 1 aliphatic rings. The predicted octanol–water partition coefficient (Wildman–Crippen LogP) is 1.19. The fourth-order valence-corrected chi connectivity index (χ4v) is 2.80. The number of hydrogen-bond acceptors (Lipinski definition) is 5. The van der Waals surface area contributed by atoms with Crippen molar-refractivity contribution in [3.05, 3.63) is 42.0 Å². The number of benzene rings is 1. The Bertz CT molecular complexity index is 580. The fraction of sp³-hybridized carbons (Fsp3) is 0.467. The van der Waals surface area contributed by atoms with E-state index in [-0.39, 0.29) is 6.04 Å². The van der Waals surface area contributed by atoms with Crippen molar-refractivity contribution in [3.63, 3.8) is 0 Å². The number of fused-ring (bicyclic) bond motifs is 1. The molecule has 21 heavy (non-hydrogen) atoms. The van der Waals surface area contributed by atoms with Gasteiger partial charge in [0.05, 0.1) is 13.2 Å². The van der Waals surface area contributed by atoms with Crippen molar-refractivity contribution in [2.75, 3.05) is 19.7 Å². The van der Waals surface area contributed by atoms with Crippen LogP contribution >= 0.6 is 0 Å². The number of nitrogens with two attached hydrogens (primary N) is 1. The highest BCUT2D eigenvalue weighted by Gasteiger charge is 2.24. The summed E-state index contributed by atoms with van der Waals surface area (Å²) in [6.07, 6.45) is 1.79. The maximum Gasteiger partial charge on any atom is 0.147 e. The van der Waals surface area contributed by atoms with E-state index in [2.05, 4.69) is 31.8 Å². The van der Waals surface area contributed by atoms with Gasteiger partial charge in [-0.2, -0.15) is 0 Å². The van der Waals surface area contributed by atoms with Gasteiger partial charge < -0.3 is 15.0 Å². The summed E-state index contributed by atoms with van der Waals surface area (Å²) in [4.78, 5) is 2.36. The molecule has 6 heteroatoms. The molecule has 1 aliphatic heterocycles. The summed E-state index contributed by atoms with van der Waals surface area (Å²) in [5, 5.41) is 8.13. The Labute approximate surface area is 124 Å². The minimum atomic E-state index is 0.200. The lowest BCUT2D eigenvalue weighted by Crippen LogP contribution is -2.39. The molecule has 3 rings (SSSR count). The van der Waals surface area contributed by atoms with Gasteiger partial charge in [0.25, 0.3) is 0 Å². The minimum Gasteiger partial charge on any atom is -0.494 e. The van der Waals surface area contributed by atoms with Crippen LogP contribution in [-0.4, -0.2) is 39.4 Å². The highest BCUT2D eigenvalue weighted by atomic mass is 16.5. The Hall–Kier alpha value is -1.92. The minimum absolute atomic E-state index is 0.200. The summed E-state index contributed by atoms with van der Waals surface area (Å²) in [5.74, 6) is 1.90. The second-order valence-corrected chi connectivity index (χ2v) is 5.16. The van der Waals surface area contributed by atoms with Crippen molar-refractivity contribution >= 4 is 0 Å². The molecule has 0 saturated carbocycles. The van der Waals surface area contributed by atoms with Crippen LogP contribution < -0.4 is 10.5 Å². The molecule has 0 fully saturated rings. The smallest absolute Gasteiger partial charge is 0.147 e. The maximum absolute atomic E-state index is 6.01. The first-order chi connectivity index (χ1) is 10.3. The number of aromatic nitrogens is 3. The molecule has 6 nitrogen and oxygen atoms in total. The zero-order chi connectivity index (χ0) is 14.7. The highest BCUT2D eigenvalue weighted by Crippen LogP contribution is 2.25. The van der Waals surface area contributed by atoms with Crippen LogP contribution in [0, 0.1) is 0 Å². The van der Waals surface area contributed by atoms with Crippen LogP contribution in [-0.2, 0) is 13.1 Å². The normalized spacial score (nSPS) is 16.5. The average Bonchev–Trinajstić information content (AvgIpc) is 2.98. The standard InChI is InChI=1S/C15H21N5O/c1-2-21-13-5-3-12(4-6-13)14(9-16)19-7-8-20-11-17-18-15(20)10-19/h3-6,11,14H,2,7-10,16H2,1H3. The van der Waals surface area contributed by atoms with Crippen molar-refractivity contribution in [1.29, 1.82) is 0 Å². The van der Waals surface area contributed by atoms with E-state index in [1.807, 2.05) is 19.1 Å². The number of hydrogen-bond donors (Lipinski definition) is 1. The molecular weight excluding hydrogens is 266 g/mol. The predicted molar refractivity (Wildman–Crippen MR) is 79.8 cm³/mol. The first-order valence-electron chi connectivity index (χ1n) is 7.35. The quantitative estimate of drug-likeness (QED) is 0.894. The molecule has 2 N–H and O–H groups in total. The summed E-state index contributed by atoms with van der Waals surface area (Å²) in [6.45, 7) is 5.91. The van der Waals surface area contributed by atoms with Gasteiger partial charge in [0.2, 0.25) is 0 Å². The zero-order valence-corrected chi connectivity index (χ0v) is 12.3. The van der Waals surface area contributed by atoms with Crippen molar-refractivity contribution in [3.8, 4) is 5.75 Å². The molecule has 0 aliphatic carbocycles. The molecule has 2 aromatic rings. The number of ether oxygens (including phenoxy) is 1. The lowest BCUT2D eigenvalue weighted by molar-refractivity contribution is 0.156. The van der Waals surface area contributed by atoms with Gasteiger partial charge in [-0.1, -0.05) is 12.1 Å². The monoisotopic (exact) mass is 287 g/mol. The lowest BCUT2D eigenvalue weighted by atomic mass is 10.0. The van der Waals surface area contributed by atoms with Gasteiger partial charge >= 0.3 is 0 Å². The van der Waals surface area contributed by atoms with Crippen molar-refractivity contribution < 1.29 is 4.74 Å². The number of nitrogens with zero attached hydrogens (tertiary/aromatic N) is 4. The third-order valence-electron chi connectivity index (χ3n) is 3.91. The molecule has 0 saturated heterocycles. The molecule has 0 bridgehead atoms. The van der Waals surface area contributed by atoms with Crippen LogP contribution in [0.5, 0.6) is 5.75 Å². The van der Waals surface area contributed by atoms with Gasteiger partial charge in [-0.25, -0.2) is 0 Å². The van der Waals surface area contributed by atoms with E-state index in [0.29, 0.717) is 13.2 Å². The van der Waals surface area contributed by atoms with E-state index in [0.717, 1.165) is 31.2 Å². The summed E-state index contributed by atoms with van der Waals surface area (Å²) < 4.78 is 7.59. The van der Waals surface area contributed by atoms with Gasteiger partial charge in [-0.15, -0.1) is 10.2 Å². The number of rotatable bonds is 5. The van der Waals surface area contributed by atoms with Gasteiger partial charge in [-0.05, 0) is 24.6 Å². The summed E-state index contributed by atoms with van der Waals surface area (Å²) in [6, 6.07) is 8.41. The molecule has 1 aromatic carbocycles. The van der Waals surface area contributed by atoms with E-state index < -0.39 is 0 Å². The molecule has 0 radical (unpaired) electrons. The molecule has 0 amide bonds. The molecule has 0 spiro atoms. The van der Waals surface area contributed by atoms with Crippen LogP contribution in [0.15, 0.2) is 30.6 Å². The Balaban J connectivity index is 1.76. The van der Waals surface area contributed by atoms with Crippen LogP contribution in [0.25, 0.3) is 0 Å². The van der Waals surface area contributed by atoms with Crippen LogP contribution in [0.2, 0.25) is 0 Å². The first-order valence-corrected chi connectivity index (χ1v) is 7.35. The van der Waals surface area contributed by atoms with Gasteiger partial charge in [0.1, 0.15) is 17.9 Å². The molecule has 112 valence electrons. The van der Waals surface area contributed by atoms with Crippen molar-refractivity contribution in [1.82, 2.24) is 19.7 Å². The van der Waals surface area contributed by atoms with Crippen LogP contribution in [0.3, 0.4) is 0 Å². The van der Waals surface area contributed by atoms with E-state index in [1.54, 1.807) is 6.33 Å². The largest absolute Gasteiger partial charge is 0.494 e. The fourth-order valence-electron chi connectivity index (χ4n) is 2.80. The van der Waals surface area contributed by atoms with E-state index in [9.17, 15) is 0 Å². The summed E-state index contributed by atoms with van der Waals surface area (Å²) >= 11 is 0. The first kappa shape index (κ1) is 14.0. The summed E-state index contributed by atoms with van der Waals surface area (Å²) in [5.41, 5.74) is 7.23. The van der Waals surface area contributed by atoms with E-state index >= 15 is 0 Å². The van der Waals surface area contributed by atoms with Crippen molar-refractivity contribution in [2.24, 2.45) is 5.73 Å². The van der Waals surface area contributed by atoms with Gasteiger partial charge in [0, 0.05) is 25.7 Å². The second kappa shape index (κ2) is 6.24. The lowest BCUT2D eigenvalue weighted by Gasteiger charge is -2.34. The van der Waals surface area contributed by atoms with Crippen LogP contribution in [0.4, 0.5) is 0 Å². The average molecular weight is 287 g/mol. The van der Waals surface area contributed by atoms with Gasteiger partial charge in [0.15, 0.2) is 0 Å².